The molecule has 8 heteroatoms. The molecule has 2 aromatic heterocycles. The fraction of sp³-hybridized carbons (Fsp3) is 0.167. The summed E-state index contributed by atoms with van der Waals surface area (Å²) in [6.07, 6.45) is 1.68. The molecule has 1 N–H and O–H groups in total. The van der Waals surface area contributed by atoms with Crippen molar-refractivity contribution in [2.45, 2.75) is 6.54 Å². The summed E-state index contributed by atoms with van der Waals surface area (Å²) in [5.74, 6) is -0.193. The molecule has 2 heterocycles. The summed E-state index contributed by atoms with van der Waals surface area (Å²) in [4.78, 5) is 30.7. The summed E-state index contributed by atoms with van der Waals surface area (Å²) < 4.78 is 2.27. The van der Waals surface area contributed by atoms with Crippen LogP contribution in [0.2, 0.25) is 5.02 Å². The first-order valence-electron chi connectivity index (χ1n) is 7.83. The largest absolute Gasteiger partial charge is 0.324 e. The van der Waals surface area contributed by atoms with Crippen molar-refractivity contribution >= 4 is 44.8 Å². The van der Waals surface area contributed by atoms with Crippen LogP contribution in [0, 0.1) is 0 Å². The number of halogens is 2. The second-order valence-electron chi connectivity index (χ2n) is 5.86. The van der Waals surface area contributed by atoms with Gasteiger partial charge in [-0.05, 0) is 47.2 Å². The molecule has 3 aromatic rings. The van der Waals surface area contributed by atoms with Crippen molar-refractivity contribution in [1.29, 1.82) is 0 Å². The van der Waals surface area contributed by atoms with Gasteiger partial charge in [0.25, 0.3) is 5.56 Å². The van der Waals surface area contributed by atoms with Crippen LogP contribution < -0.4 is 10.9 Å². The molecular weight excluding hydrogens is 420 g/mol. The standard InChI is InChI=1S/C18H16BrClN4O2/c1-23(11-17(25)22-15-5-3-2-4-14(15)20)10-13-8-18(26)24-9-12(19)6-7-16(24)21-13/h2-9H,10-11H2,1H3,(H,22,25). The van der Waals surface area contributed by atoms with Gasteiger partial charge in [0.05, 0.1) is 22.9 Å². The minimum absolute atomic E-state index is 0.145. The summed E-state index contributed by atoms with van der Waals surface area (Å²) in [6.45, 7) is 0.518. The molecule has 0 aliphatic heterocycles. The number of hydrogen-bond donors (Lipinski definition) is 1. The third-order valence-electron chi connectivity index (χ3n) is 3.67. The molecule has 0 atom stereocenters. The lowest BCUT2D eigenvalue weighted by Gasteiger charge is -2.16. The Bertz CT molecular complexity index is 1020. The second-order valence-corrected chi connectivity index (χ2v) is 7.18. The van der Waals surface area contributed by atoms with Gasteiger partial charge in [-0.1, -0.05) is 23.7 Å². The highest BCUT2D eigenvalue weighted by atomic mass is 79.9. The number of anilines is 1. The van der Waals surface area contributed by atoms with Crippen LogP contribution in [0.3, 0.4) is 0 Å². The average molecular weight is 436 g/mol. The van der Waals surface area contributed by atoms with Crippen molar-refractivity contribution in [3.8, 4) is 0 Å². The topological polar surface area (TPSA) is 66.7 Å². The maximum atomic E-state index is 12.2. The van der Waals surface area contributed by atoms with Gasteiger partial charge >= 0.3 is 0 Å². The number of carbonyl (C=O) groups is 1. The Morgan fingerprint density at radius 3 is 2.85 bits per heavy atom. The quantitative estimate of drug-likeness (QED) is 0.668. The van der Waals surface area contributed by atoms with E-state index in [0.717, 1.165) is 4.47 Å². The van der Waals surface area contributed by atoms with Gasteiger partial charge in [0, 0.05) is 23.3 Å². The zero-order valence-electron chi connectivity index (χ0n) is 13.9. The number of nitrogens with zero attached hydrogens (tertiary/aromatic N) is 3. The second kappa shape index (κ2) is 7.99. The molecule has 26 heavy (non-hydrogen) atoms. The molecule has 3 rings (SSSR count). The molecule has 0 aliphatic rings. The Hall–Kier alpha value is -2.22. The number of nitrogens with one attached hydrogen (secondary N) is 1. The van der Waals surface area contributed by atoms with E-state index in [1.165, 1.54) is 10.5 Å². The van der Waals surface area contributed by atoms with Crippen LogP contribution in [0.15, 0.2) is 57.9 Å². The number of hydrogen-bond acceptors (Lipinski definition) is 4. The van der Waals surface area contributed by atoms with Crippen LogP contribution in [0.4, 0.5) is 5.69 Å². The number of amides is 1. The van der Waals surface area contributed by atoms with E-state index in [1.807, 2.05) is 6.07 Å². The van der Waals surface area contributed by atoms with Gasteiger partial charge in [-0.15, -0.1) is 0 Å². The predicted octanol–water partition coefficient (Wildman–Crippen LogP) is 3.18. The molecule has 1 amide bonds. The molecular formula is C18H16BrClN4O2. The van der Waals surface area contributed by atoms with Crippen LogP contribution in [-0.2, 0) is 11.3 Å². The lowest BCUT2D eigenvalue weighted by atomic mass is 10.3. The van der Waals surface area contributed by atoms with E-state index in [2.05, 4.69) is 26.2 Å². The highest BCUT2D eigenvalue weighted by Crippen LogP contribution is 2.20. The molecule has 0 spiro atoms. The molecule has 0 unspecified atom stereocenters. The number of rotatable bonds is 5. The summed E-state index contributed by atoms with van der Waals surface area (Å²) in [7, 11) is 1.79. The Kier molecular flexibility index (Phi) is 5.70. The summed E-state index contributed by atoms with van der Waals surface area (Å²) in [5.41, 5.74) is 1.57. The maximum absolute atomic E-state index is 12.2. The zero-order valence-corrected chi connectivity index (χ0v) is 16.3. The molecule has 134 valence electrons. The third-order valence-corrected chi connectivity index (χ3v) is 4.47. The average Bonchev–Trinajstić information content (AvgIpc) is 2.57. The Morgan fingerprint density at radius 2 is 2.08 bits per heavy atom. The third kappa shape index (κ3) is 4.49. The molecule has 0 aliphatic carbocycles. The fourth-order valence-electron chi connectivity index (χ4n) is 2.54. The van der Waals surface area contributed by atoms with Gasteiger partial charge in [-0.2, -0.15) is 0 Å². The number of pyridine rings is 1. The fourth-order valence-corrected chi connectivity index (χ4v) is 3.06. The molecule has 0 fully saturated rings. The van der Waals surface area contributed by atoms with Crippen molar-refractivity contribution in [3.63, 3.8) is 0 Å². The van der Waals surface area contributed by atoms with Crippen LogP contribution >= 0.6 is 27.5 Å². The molecule has 6 nitrogen and oxygen atoms in total. The van der Waals surface area contributed by atoms with Gasteiger partial charge < -0.3 is 5.32 Å². The summed E-state index contributed by atoms with van der Waals surface area (Å²) >= 11 is 9.38. The normalized spacial score (nSPS) is 11.1. The van der Waals surface area contributed by atoms with Crippen molar-refractivity contribution in [3.05, 3.63) is 74.2 Å². The zero-order chi connectivity index (χ0) is 18.7. The molecule has 0 bridgehead atoms. The molecule has 1 aromatic carbocycles. The monoisotopic (exact) mass is 434 g/mol. The van der Waals surface area contributed by atoms with Crippen LogP contribution in [-0.4, -0.2) is 33.8 Å². The molecule has 0 radical (unpaired) electrons. The number of aromatic nitrogens is 2. The maximum Gasteiger partial charge on any atom is 0.258 e. The minimum atomic E-state index is -0.193. The van der Waals surface area contributed by atoms with Gasteiger partial charge in [0.2, 0.25) is 5.91 Å². The van der Waals surface area contributed by atoms with Crippen molar-refractivity contribution in [1.82, 2.24) is 14.3 Å². The van der Waals surface area contributed by atoms with Gasteiger partial charge in [-0.3, -0.25) is 18.9 Å². The minimum Gasteiger partial charge on any atom is -0.324 e. The van der Waals surface area contributed by atoms with Crippen molar-refractivity contribution in [2.75, 3.05) is 18.9 Å². The Balaban J connectivity index is 1.68. The van der Waals surface area contributed by atoms with E-state index in [-0.39, 0.29) is 18.0 Å². The van der Waals surface area contributed by atoms with E-state index in [9.17, 15) is 9.59 Å². The van der Waals surface area contributed by atoms with Crippen molar-refractivity contribution in [2.24, 2.45) is 0 Å². The SMILES string of the molecule is CN(CC(=O)Nc1ccccc1Cl)Cc1cc(=O)n2cc(Br)ccc2n1. The van der Waals surface area contributed by atoms with Gasteiger partial charge in [0.1, 0.15) is 5.65 Å². The smallest absolute Gasteiger partial charge is 0.258 e. The van der Waals surface area contributed by atoms with E-state index < -0.39 is 0 Å². The Morgan fingerprint density at radius 1 is 1.31 bits per heavy atom. The van der Waals surface area contributed by atoms with E-state index >= 15 is 0 Å². The highest BCUT2D eigenvalue weighted by Gasteiger charge is 2.11. The van der Waals surface area contributed by atoms with Crippen LogP contribution in [0.1, 0.15) is 5.69 Å². The van der Waals surface area contributed by atoms with Crippen LogP contribution in [0.25, 0.3) is 5.65 Å². The molecule has 0 saturated heterocycles. The summed E-state index contributed by atoms with van der Waals surface area (Å²) in [6, 6.07) is 12.1. The number of para-hydroxylation sites is 1. The van der Waals surface area contributed by atoms with E-state index in [4.69, 9.17) is 11.6 Å². The van der Waals surface area contributed by atoms with Crippen molar-refractivity contribution < 1.29 is 4.79 Å². The molecule has 0 saturated carbocycles. The summed E-state index contributed by atoms with van der Waals surface area (Å²) in [5, 5.41) is 3.26. The predicted molar refractivity (Wildman–Crippen MR) is 106 cm³/mol. The van der Waals surface area contributed by atoms with E-state index in [1.54, 1.807) is 48.5 Å². The van der Waals surface area contributed by atoms with E-state index in [0.29, 0.717) is 28.6 Å². The number of likely N-dealkylation sites (N-methyl/N-ethyl adjacent to an activating group) is 1. The first-order valence-corrected chi connectivity index (χ1v) is 9.00. The number of benzene rings is 1. The number of carbonyl (C=O) groups excluding carboxylic acids is 1. The Labute approximate surface area is 163 Å². The first-order chi connectivity index (χ1) is 12.4. The van der Waals surface area contributed by atoms with Gasteiger partial charge in [0.15, 0.2) is 0 Å². The first kappa shape index (κ1) is 18.6. The number of fused-ring (bicyclic) bond motifs is 1. The van der Waals surface area contributed by atoms with Gasteiger partial charge in [-0.25, -0.2) is 4.98 Å². The lowest BCUT2D eigenvalue weighted by molar-refractivity contribution is -0.117. The van der Waals surface area contributed by atoms with Crippen LogP contribution in [0.5, 0.6) is 0 Å². The highest BCUT2D eigenvalue weighted by molar-refractivity contribution is 9.10. The lowest BCUT2D eigenvalue weighted by Crippen LogP contribution is -2.30.